The van der Waals surface area contributed by atoms with Gasteiger partial charge in [-0.2, -0.15) is 5.26 Å². The maximum atomic E-state index is 13.3. The van der Waals surface area contributed by atoms with E-state index in [-0.39, 0.29) is 24.1 Å². The fourth-order valence-corrected chi connectivity index (χ4v) is 4.83. The maximum absolute atomic E-state index is 13.3. The van der Waals surface area contributed by atoms with Gasteiger partial charge in [0.05, 0.1) is 29.2 Å². The van der Waals surface area contributed by atoms with Crippen LogP contribution in [0.4, 0.5) is 4.39 Å². The van der Waals surface area contributed by atoms with Crippen LogP contribution in [0.25, 0.3) is 0 Å². The Morgan fingerprint density at radius 2 is 1.89 bits per heavy atom. The first kappa shape index (κ1) is 18.7. The van der Waals surface area contributed by atoms with E-state index in [1.54, 1.807) is 28.8 Å². The smallest absolute Gasteiger partial charge is 0.229 e. The Labute approximate surface area is 168 Å². The van der Waals surface area contributed by atoms with E-state index in [0.717, 1.165) is 29.4 Å². The Morgan fingerprint density at radius 3 is 2.61 bits per heavy atom. The highest BCUT2D eigenvalue weighted by atomic mass is 32.2. The summed E-state index contributed by atoms with van der Waals surface area (Å²) in [5.74, 6) is 0.139. The van der Waals surface area contributed by atoms with E-state index in [1.165, 1.54) is 17.7 Å². The number of allylic oxidation sites excluding steroid dienone is 1. The predicted octanol–water partition coefficient (Wildman–Crippen LogP) is 4.08. The quantitative estimate of drug-likeness (QED) is 0.785. The summed E-state index contributed by atoms with van der Waals surface area (Å²) in [7, 11) is 0. The molecule has 0 aromatic heterocycles. The number of fused-ring (bicyclic) bond motifs is 1. The van der Waals surface area contributed by atoms with Crippen molar-refractivity contribution in [3.05, 3.63) is 82.1 Å². The minimum absolute atomic E-state index is 0.0141. The van der Waals surface area contributed by atoms with Crippen molar-refractivity contribution in [2.45, 2.75) is 18.8 Å². The molecule has 2 aromatic carbocycles. The zero-order chi connectivity index (χ0) is 19.5. The fourth-order valence-electron chi connectivity index (χ4n) is 3.66. The number of benzene rings is 2. The first-order chi connectivity index (χ1) is 13.7. The summed E-state index contributed by atoms with van der Waals surface area (Å²) in [4.78, 5) is 16.8. The van der Waals surface area contributed by atoms with Crippen molar-refractivity contribution in [2.24, 2.45) is 0 Å². The molecular weight excluding hydrogens is 373 g/mol. The topological polar surface area (TPSA) is 47.3 Å². The van der Waals surface area contributed by atoms with Gasteiger partial charge in [-0.1, -0.05) is 54.2 Å². The van der Waals surface area contributed by atoms with Crippen LogP contribution in [0.15, 0.2) is 65.2 Å². The number of halogens is 1. The molecule has 28 heavy (non-hydrogen) atoms. The third kappa shape index (κ3) is 3.82. The van der Waals surface area contributed by atoms with Crippen LogP contribution < -0.4 is 0 Å². The van der Waals surface area contributed by atoms with Crippen molar-refractivity contribution in [3.63, 3.8) is 0 Å². The van der Waals surface area contributed by atoms with Crippen LogP contribution in [0.3, 0.4) is 0 Å². The number of amides is 1. The molecule has 2 aromatic rings. The van der Waals surface area contributed by atoms with Gasteiger partial charge in [-0.15, -0.1) is 0 Å². The predicted molar refractivity (Wildman–Crippen MR) is 107 cm³/mol. The summed E-state index contributed by atoms with van der Waals surface area (Å²) in [5.41, 5.74) is 2.69. The number of nitriles is 1. The number of rotatable bonds is 4. The van der Waals surface area contributed by atoms with Gasteiger partial charge >= 0.3 is 0 Å². The van der Waals surface area contributed by atoms with Crippen molar-refractivity contribution in [1.29, 1.82) is 5.26 Å². The van der Waals surface area contributed by atoms with Crippen molar-refractivity contribution < 1.29 is 9.18 Å². The Balaban J connectivity index is 1.51. The molecule has 0 N–H and O–H groups in total. The molecular formula is C22H20FN3OS. The van der Waals surface area contributed by atoms with Crippen molar-refractivity contribution in [1.82, 2.24) is 9.80 Å². The lowest BCUT2D eigenvalue weighted by molar-refractivity contribution is -0.131. The van der Waals surface area contributed by atoms with Crippen molar-refractivity contribution >= 4 is 17.7 Å². The molecule has 4 rings (SSSR count). The van der Waals surface area contributed by atoms with Gasteiger partial charge in [-0.05, 0) is 29.7 Å². The molecule has 0 spiro atoms. The van der Waals surface area contributed by atoms with Crippen LogP contribution in [0, 0.1) is 17.1 Å². The highest BCUT2D eigenvalue weighted by Crippen LogP contribution is 2.42. The molecule has 2 aliphatic rings. The highest BCUT2D eigenvalue weighted by molar-refractivity contribution is 8.03. The van der Waals surface area contributed by atoms with Crippen LogP contribution in [0.2, 0.25) is 0 Å². The van der Waals surface area contributed by atoms with E-state index in [1.807, 2.05) is 18.2 Å². The first-order valence-electron chi connectivity index (χ1n) is 9.25. The number of carbonyl (C=O) groups excluding carboxylic acids is 1. The molecule has 1 unspecified atom stereocenters. The Bertz CT molecular complexity index is 937. The van der Waals surface area contributed by atoms with Crippen LogP contribution in [-0.4, -0.2) is 34.8 Å². The molecule has 4 nitrogen and oxygen atoms in total. The van der Waals surface area contributed by atoms with E-state index in [9.17, 15) is 14.4 Å². The summed E-state index contributed by atoms with van der Waals surface area (Å²) >= 11 is 1.54. The number of thioether (sulfide) groups is 1. The van der Waals surface area contributed by atoms with Gasteiger partial charge in [0.1, 0.15) is 5.82 Å². The maximum Gasteiger partial charge on any atom is 0.229 e. The van der Waals surface area contributed by atoms with E-state index in [2.05, 4.69) is 23.1 Å². The molecule has 6 heteroatoms. The van der Waals surface area contributed by atoms with Crippen LogP contribution in [0.1, 0.15) is 23.5 Å². The van der Waals surface area contributed by atoms with Gasteiger partial charge in [0.25, 0.3) is 0 Å². The summed E-state index contributed by atoms with van der Waals surface area (Å²) < 4.78 is 13.3. The van der Waals surface area contributed by atoms with Crippen LogP contribution in [-0.2, 0) is 11.2 Å². The average molecular weight is 393 g/mol. The largest absolute Gasteiger partial charge is 0.292 e. The molecule has 2 heterocycles. The lowest BCUT2D eigenvalue weighted by Crippen LogP contribution is -2.47. The van der Waals surface area contributed by atoms with E-state index < -0.39 is 0 Å². The first-order valence-corrected chi connectivity index (χ1v) is 10.2. The second-order valence-corrected chi connectivity index (χ2v) is 7.94. The third-order valence-electron chi connectivity index (χ3n) is 5.18. The van der Waals surface area contributed by atoms with Gasteiger partial charge in [-0.25, -0.2) is 4.39 Å². The van der Waals surface area contributed by atoms with Gasteiger partial charge in [0.2, 0.25) is 5.91 Å². The number of hydrogen-bond acceptors (Lipinski definition) is 4. The van der Waals surface area contributed by atoms with Crippen LogP contribution in [0.5, 0.6) is 0 Å². The van der Waals surface area contributed by atoms with Crippen molar-refractivity contribution in [2.75, 3.05) is 19.1 Å². The number of hydrogen-bond donors (Lipinski definition) is 0. The SMILES string of the molecule is N#CC1=C2SCN(CCc3ccccc3)CN2C(=O)CC1c1ccc(F)cc1. The minimum atomic E-state index is -0.320. The molecule has 1 saturated heterocycles. The molecule has 1 atom stereocenters. The normalized spacial score (nSPS) is 20.1. The minimum Gasteiger partial charge on any atom is -0.292 e. The van der Waals surface area contributed by atoms with E-state index in [0.29, 0.717) is 12.2 Å². The molecule has 0 aliphatic carbocycles. The summed E-state index contributed by atoms with van der Waals surface area (Å²) in [6, 6.07) is 18.7. The van der Waals surface area contributed by atoms with Crippen LogP contribution >= 0.6 is 11.8 Å². The monoisotopic (exact) mass is 393 g/mol. The van der Waals surface area contributed by atoms with Gasteiger partial charge < -0.3 is 0 Å². The second kappa shape index (κ2) is 8.17. The van der Waals surface area contributed by atoms with Gasteiger partial charge in [0, 0.05) is 18.9 Å². The zero-order valence-corrected chi connectivity index (χ0v) is 16.2. The molecule has 1 amide bonds. The third-order valence-corrected chi connectivity index (χ3v) is 6.39. The molecule has 142 valence electrons. The lowest BCUT2D eigenvalue weighted by atomic mass is 9.86. The zero-order valence-electron chi connectivity index (χ0n) is 15.3. The number of carbonyl (C=O) groups is 1. The average Bonchev–Trinajstić information content (AvgIpc) is 2.73. The lowest BCUT2D eigenvalue weighted by Gasteiger charge is -2.41. The number of nitrogens with zero attached hydrogens (tertiary/aromatic N) is 3. The Hall–Kier alpha value is -2.62. The Morgan fingerprint density at radius 1 is 1.14 bits per heavy atom. The molecule has 1 fully saturated rings. The molecule has 0 saturated carbocycles. The Kier molecular flexibility index (Phi) is 5.47. The van der Waals surface area contributed by atoms with Gasteiger partial charge in [-0.3, -0.25) is 14.6 Å². The van der Waals surface area contributed by atoms with E-state index in [4.69, 9.17) is 0 Å². The van der Waals surface area contributed by atoms with E-state index >= 15 is 0 Å². The summed E-state index contributed by atoms with van der Waals surface area (Å²) in [6.07, 6.45) is 1.16. The van der Waals surface area contributed by atoms with Gasteiger partial charge in [0.15, 0.2) is 0 Å². The molecule has 0 bridgehead atoms. The standard InChI is InChI=1S/C22H20FN3OS/c23-18-8-6-17(7-9-18)19-12-21(27)26-14-25(15-28-22(26)20(19)13-24)11-10-16-4-2-1-3-5-16/h1-9,19H,10-12,14-15H2. The summed E-state index contributed by atoms with van der Waals surface area (Å²) in [6.45, 7) is 1.37. The summed E-state index contributed by atoms with van der Waals surface area (Å²) in [5, 5.41) is 10.5. The molecule has 2 aliphatic heterocycles. The second-order valence-electron chi connectivity index (χ2n) is 7.01. The highest BCUT2D eigenvalue weighted by Gasteiger charge is 2.38. The fraction of sp³-hybridized carbons (Fsp3) is 0.273. The molecule has 0 radical (unpaired) electrons. The van der Waals surface area contributed by atoms with Crippen molar-refractivity contribution in [3.8, 4) is 6.07 Å².